The van der Waals surface area contributed by atoms with Crippen LogP contribution in [0.5, 0.6) is 5.75 Å². The highest BCUT2D eigenvalue weighted by molar-refractivity contribution is 5.78. The summed E-state index contributed by atoms with van der Waals surface area (Å²) < 4.78 is 6.30. The van der Waals surface area contributed by atoms with Gasteiger partial charge in [-0.05, 0) is 128 Å². The van der Waals surface area contributed by atoms with Crippen LogP contribution in [0, 0.1) is 0 Å². The molecule has 1 aliphatic carbocycles. The number of rotatable bonds is 20. The summed E-state index contributed by atoms with van der Waals surface area (Å²) in [6, 6.07) is 5.30. The van der Waals surface area contributed by atoms with E-state index in [9.17, 15) is 4.79 Å². The van der Waals surface area contributed by atoms with Gasteiger partial charge in [0, 0.05) is 31.2 Å². The molecule has 1 heterocycles. The number of carbonyl (C=O) groups excluding carboxylic acids is 1. The van der Waals surface area contributed by atoms with Crippen molar-refractivity contribution < 1.29 is 9.53 Å². The molecule has 2 atom stereocenters. The molecular weight excluding hydrogens is 554 g/mol. The van der Waals surface area contributed by atoms with Gasteiger partial charge < -0.3 is 14.5 Å². The molecule has 1 saturated carbocycles. The summed E-state index contributed by atoms with van der Waals surface area (Å²) in [5.74, 6) is 2.56. The van der Waals surface area contributed by atoms with Crippen LogP contribution in [-0.4, -0.2) is 80.1 Å². The lowest BCUT2D eigenvalue weighted by atomic mass is 9.89. The molecule has 5 heteroatoms. The topological polar surface area (TPSA) is 36.0 Å². The van der Waals surface area contributed by atoms with Crippen LogP contribution in [0.25, 0.3) is 0 Å². The SMILES string of the molecule is C/C=C\C=C(/C)CCC1CC(c2cc(CCC)c(C3CC3)c(OCC)c2)CN1CC(=O)N(CCCC)CCCCN(C)C.CC. The predicted octanol–water partition coefficient (Wildman–Crippen LogP) is 9.37. The van der Waals surface area contributed by atoms with E-state index < -0.39 is 0 Å². The van der Waals surface area contributed by atoms with Crippen molar-refractivity contribution in [1.82, 2.24) is 14.7 Å². The molecule has 1 aliphatic heterocycles. The second kappa shape index (κ2) is 21.6. The number of amides is 1. The zero-order valence-corrected chi connectivity index (χ0v) is 30.8. The highest BCUT2D eigenvalue weighted by Gasteiger charge is 2.36. The van der Waals surface area contributed by atoms with Gasteiger partial charge >= 0.3 is 0 Å². The average Bonchev–Trinajstić information content (AvgIpc) is 3.79. The maximum absolute atomic E-state index is 13.8. The van der Waals surface area contributed by atoms with Crippen molar-refractivity contribution in [3.63, 3.8) is 0 Å². The Hall–Kier alpha value is -2.11. The fourth-order valence-corrected chi connectivity index (χ4v) is 6.70. The maximum atomic E-state index is 13.8. The Morgan fingerprint density at radius 1 is 1.00 bits per heavy atom. The molecule has 0 N–H and O–H groups in total. The third-order valence-corrected chi connectivity index (χ3v) is 9.26. The van der Waals surface area contributed by atoms with E-state index in [1.807, 2.05) is 13.8 Å². The minimum absolute atomic E-state index is 0.316. The summed E-state index contributed by atoms with van der Waals surface area (Å²) in [4.78, 5) is 20.8. The van der Waals surface area contributed by atoms with E-state index >= 15 is 0 Å². The van der Waals surface area contributed by atoms with Crippen molar-refractivity contribution in [2.75, 3.05) is 53.4 Å². The van der Waals surface area contributed by atoms with Crippen molar-refractivity contribution in [2.45, 2.75) is 137 Å². The van der Waals surface area contributed by atoms with Gasteiger partial charge in [-0.2, -0.15) is 0 Å². The minimum Gasteiger partial charge on any atom is -0.494 e. The van der Waals surface area contributed by atoms with Crippen LogP contribution in [-0.2, 0) is 11.2 Å². The number of hydrogen-bond acceptors (Lipinski definition) is 4. The van der Waals surface area contributed by atoms with Gasteiger partial charge in [0.1, 0.15) is 5.75 Å². The first-order chi connectivity index (χ1) is 21.8. The first kappa shape index (κ1) is 39.1. The fraction of sp³-hybridized carbons (Fsp3) is 0.725. The largest absolute Gasteiger partial charge is 0.494 e. The standard InChI is InChI=1S/C38H63N3O2.C2H6/c1-8-12-17-30(5)18-21-35-26-34(33-25-32(16-10-3)38(31-19-20-31)36(27-33)43-11-4)28-41(35)29-37(42)40(23-13-9-2)24-15-14-22-39(6)7;1-2/h8,12,17,25,27,31,34-35H,9-11,13-16,18-24,26,28-29H2,1-7H3;1-2H3/b12-8-,30-17+;. The van der Waals surface area contributed by atoms with Gasteiger partial charge in [-0.25, -0.2) is 0 Å². The van der Waals surface area contributed by atoms with Gasteiger partial charge in [0.2, 0.25) is 5.91 Å². The monoisotopic (exact) mass is 624 g/mol. The summed E-state index contributed by atoms with van der Waals surface area (Å²) in [6.45, 7) is 20.0. The van der Waals surface area contributed by atoms with E-state index in [1.165, 1.54) is 35.1 Å². The molecule has 2 fully saturated rings. The number of unbranched alkanes of at least 4 members (excludes halogenated alkanes) is 2. The molecule has 5 nitrogen and oxygen atoms in total. The number of carbonyl (C=O) groups is 1. The van der Waals surface area contributed by atoms with Crippen LogP contribution in [0.4, 0.5) is 0 Å². The second-order valence-electron chi connectivity index (χ2n) is 13.4. The summed E-state index contributed by atoms with van der Waals surface area (Å²) in [6.07, 6.45) is 19.0. The van der Waals surface area contributed by atoms with Gasteiger partial charge in [0.05, 0.1) is 13.2 Å². The molecule has 1 aromatic rings. The predicted molar refractivity (Wildman–Crippen MR) is 195 cm³/mol. The summed E-state index contributed by atoms with van der Waals surface area (Å²) in [5, 5.41) is 0. The summed E-state index contributed by atoms with van der Waals surface area (Å²) in [7, 11) is 4.25. The van der Waals surface area contributed by atoms with Crippen molar-refractivity contribution in [3.05, 3.63) is 52.6 Å². The number of ether oxygens (including phenoxy) is 1. The van der Waals surface area contributed by atoms with Gasteiger partial charge in [0.25, 0.3) is 0 Å². The summed E-state index contributed by atoms with van der Waals surface area (Å²) >= 11 is 0. The lowest BCUT2D eigenvalue weighted by Crippen LogP contribution is -2.43. The number of allylic oxidation sites excluding steroid dienone is 4. The molecular formula is C40H69N3O2. The van der Waals surface area contributed by atoms with Crippen LogP contribution in [0.1, 0.15) is 141 Å². The molecule has 256 valence electrons. The number of benzene rings is 1. The van der Waals surface area contributed by atoms with E-state index in [1.54, 1.807) is 0 Å². The third kappa shape index (κ3) is 13.3. The molecule has 1 aromatic carbocycles. The van der Waals surface area contributed by atoms with Crippen LogP contribution < -0.4 is 4.74 Å². The molecule has 0 radical (unpaired) electrons. The zero-order valence-electron chi connectivity index (χ0n) is 30.8. The average molecular weight is 624 g/mol. The van der Waals surface area contributed by atoms with Crippen LogP contribution >= 0.6 is 0 Å². The number of hydrogen-bond donors (Lipinski definition) is 0. The highest BCUT2D eigenvalue weighted by Crippen LogP contribution is 2.48. The van der Waals surface area contributed by atoms with Crippen molar-refractivity contribution in [3.8, 4) is 5.75 Å². The highest BCUT2D eigenvalue weighted by atomic mass is 16.5. The van der Waals surface area contributed by atoms with Crippen LogP contribution in [0.2, 0.25) is 0 Å². The Labute approximate surface area is 278 Å². The smallest absolute Gasteiger partial charge is 0.236 e. The van der Waals surface area contributed by atoms with E-state index in [0.717, 1.165) is 89.7 Å². The molecule has 0 bridgehead atoms. The van der Waals surface area contributed by atoms with E-state index in [2.05, 4.69) is 93.8 Å². The second-order valence-corrected chi connectivity index (χ2v) is 13.4. The maximum Gasteiger partial charge on any atom is 0.236 e. The molecule has 1 amide bonds. The van der Waals surface area contributed by atoms with Crippen LogP contribution in [0.3, 0.4) is 0 Å². The lowest BCUT2D eigenvalue weighted by Gasteiger charge is -2.29. The van der Waals surface area contributed by atoms with E-state index in [0.29, 0.717) is 36.9 Å². The van der Waals surface area contributed by atoms with Gasteiger partial charge in [-0.3, -0.25) is 9.69 Å². The Bertz CT molecular complexity index is 1010. The first-order valence-corrected chi connectivity index (χ1v) is 18.6. The molecule has 0 aromatic heterocycles. The minimum atomic E-state index is 0.316. The Balaban J connectivity index is 0.00000345. The van der Waals surface area contributed by atoms with E-state index in [4.69, 9.17) is 4.74 Å². The normalized spacial score (nSPS) is 18.8. The number of aryl methyl sites for hydroxylation is 1. The molecule has 45 heavy (non-hydrogen) atoms. The van der Waals surface area contributed by atoms with Gasteiger partial charge in [-0.1, -0.05) is 70.4 Å². The third-order valence-electron chi connectivity index (χ3n) is 9.26. The molecule has 2 unspecified atom stereocenters. The molecule has 3 rings (SSSR count). The Morgan fingerprint density at radius 3 is 2.33 bits per heavy atom. The van der Waals surface area contributed by atoms with Crippen molar-refractivity contribution >= 4 is 5.91 Å². The van der Waals surface area contributed by atoms with E-state index in [-0.39, 0.29) is 0 Å². The lowest BCUT2D eigenvalue weighted by molar-refractivity contribution is -0.132. The van der Waals surface area contributed by atoms with Crippen LogP contribution in [0.15, 0.2) is 35.9 Å². The molecule has 1 saturated heterocycles. The van der Waals surface area contributed by atoms with Gasteiger partial charge in [0.15, 0.2) is 0 Å². The number of nitrogens with zero attached hydrogens (tertiary/aromatic N) is 3. The van der Waals surface area contributed by atoms with Gasteiger partial charge in [-0.15, -0.1) is 0 Å². The Kier molecular flexibility index (Phi) is 18.8. The molecule has 2 aliphatic rings. The fourth-order valence-electron chi connectivity index (χ4n) is 6.70. The van der Waals surface area contributed by atoms with Crippen molar-refractivity contribution in [1.29, 1.82) is 0 Å². The quantitative estimate of drug-likeness (QED) is 0.107. The number of likely N-dealkylation sites (tertiary alicyclic amines) is 1. The Morgan fingerprint density at radius 2 is 1.71 bits per heavy atom. The molecule has 0 spiro atoms. The summed E-state index contributed by atoms with van der Waals surface area (Å²) in [5.41, 5.74) is 5.82. The van der Waals surface area contributed by atoms with Crippen molar-refractivity contribution in [2.24, 2.45) is 0 Å². The first-order valence-electron chi connectivity index (χ1n) is 18.6. The zero-order chi connectivity index (χ0) is 33.2.